The number of nitrogens with zero attached hydrogens (tertiary/aromatic N) is 5. The van der Waals surface area contributed by atoms with Gasteiger partial charge in [-0.3, -0.25) is 9.69 Å². The van der Waals surface area contributed by atoms with Crippen molar-refractivity contribution in [3.8, 4) is 0 Å². The summed E-state index contributed by atoms with van der Waals surface area (Å²) < 4.78 is 4.60. The third-order valence-electron chi connectivity index (χ3n) is 4.83. The van der Waals surface area contributed by atoms with Crippen LogP contribution >= 0.6 is 12.2 Å². The van der Waals surface area contributed by atoms with Crippen molar-refractivity contribution in [1.82, 2.24) is 29.2 Å². The van der Waals surface area contributed by atoms with E-state index in [1.54, 1.807) is 6.07 Å². The minimum Gasteiger partial charge on any atom is -0.309 e. The highest BCUT2D eigenvalue weighted by Crippen LogP contribution is 2.38. The molecular weight excluding hydrogens is 348 g/mol. The van der Waals surface area contributed by atoms with Crippen molar-refractivity contribution < 1.29 is 0 Å². The number of aromatic amines is 1. The molecule has 0 saturated heterocycles. The summed E-state index contributed by atoms with van der Waals surface area (Å²) in [5.41, 5.74) is 0.611. The largest absolute Gasteiger partial charge is 0.309 e. The number of fused-ring (bicyclic) bond motifs is 1. The van der Waals surface area contributed by atoms with E-state index in [9.17, 15) is 4.79 Å². The lowest BCUT2D eigenvalue weighted by Crippen LogP contribution is -2.28. The molecule has 136 valence electrons. The summed E-state index contributed by atoms with van der Waals surface area (Å²) >= 11 is 5.54. The number of hydrogen-bond donors (Lipinski definition) is 1. The predicted molar refractivity (Wildman–Crippen MR) is 102 cm³/mol. The fourth-order valence-corrected chi connectivity index (χ4v) is 3.36. The van der Waals surface area contributed by atoms with Crippen LogP contribution in [0.5, 0.6) is 0 Å². The molecule has 1 aromatic carbocycles. The van der Waals surface area contributed by atoms with Gasteiger partial charge in [-0.1, -0.05) is 19.1 Å². The SMILES string of the molecule is CCN(Cc1nc2ccccc2c(=O)[nH]1)Cn1nc(C2CC2)n(C)c1=S. The number of aromatic nitrogens is 5. The molecule has 1 N–H and O–H groups in total. The smallest absolute Gasteiger partial charge is 0.258 e. The molecule has 3 aromatic rings. The minimum atomic E-state index is -0.105. The standard InChI is InChI=1S/C18H22N6OS/c1-3-23(11-24-18(26)22(2)16(21-24)12-8-9-12)10-15-19-14-7-5-4-6-13(14)17(25)20-15/h4-7,12H,3,8-11H2,1-2H3,(H,19,20,25). The predicted octanol–water partition coefficient (Wildman–Crippen LogP) is 2.54. The van der Waals surface area contributed by atoms with Crippen LogP contribution in [0.3, 0.4) is 0 Å². The van der Waals surface area contributed by atoms with E-state index in [-0.39, 0.29) is 5.56 Å². The zero-order valence-corrected chi connectivity index (χ0v) is 15.8. The van der Waals surface area contributed by atoms with E-state index in [4.69, 9.17) is 17.3 Å². The van der Waals surface area contributed by atoms with Crippen LogP contribution in [0.1, 0.15) is 37.3 Å². The van der Waals surface area contributed by atoms with Crippen LogP contribution in [0.25, 0.3) is 10.9 Å². The maximum absolute atomic E-state index is 12.3. The number of rotatable bonds is 6. The summed E-state index contributed by atoms with van der Waals surface area (Å²) in [5.74, 6) is 2.28. The number of para-hydroxylation sites is 1. The molecular formula is C18H22N6OS. The third kappa shape index (κ3) is 3.22. The molecule has 1 aliphatic carbocycles. The third-order valence-corrected chi connectivity index (χ3v) is 5.32. The summed E-state index contributed by atoms with van der Waals surface area (Å²) in [6, 6.07) is 7.39. The van der Waals surface area contributed by atoms with E-state index in [0.29, 0.717) is 35.9 Å². The molecule has 26 heavy (non-hydrogen) atoms. The Morgan fingerprint density at radius 1 is 1.35 bits per heavy atom. The van der Waals surface area contributed by atoms with Gasteiger partial charge >= 0.3 is 0 Å². The van der Waals surface area contributed by atoms with Gasteiger partial charge in [0, 0.05) is 13.0 Å². The minimum absolute atomic E-state index is 0.105. The molecule has 4 rings (SSSR count). The first-order chi connectivity index (χ1) is 12.6. The van der Waals surface area contributed by atoms with Crippen molar-refractivity contribution in [1.29, 1.82) is 0 Å². The van der Waals surface area contributed by atoms with Gasteiger partial charge < -0.3 is 9.55 Å². The summed E-state index contributed by atoms with van der Waals surface area (Å²) in [5, 5.41) is 5.32. The topological polar surface area (TPSA) is 71.7 Å². The maximum Gasteiger partial charge on any atom is 0.258 e. The molecule has 0 amide bonds. The van der Waals surface area contributed by atoms with Crippen LogP contribution in [-0.2, 0) is 20.3 Å². The average Bonchev–Trinajstić information content (AvgIpc) is 3.44. The van der Waals surface area contributed by atoms with Gasteiger partial charge in [-0.15, -0.1) is 0 Å². The Kier molecular flexibility index (Phi) is 4.46. The van der Waals surface area contributed by atoms with Crippen molar-refractivity contribution in [2.45, 2.75) is 38.9 Å². The molecule has 0 radical (unpaired) electrons. The first kappa shape index (κ1) is 17.1. The first-order valence-corrected chi connectivity index (χ1v) is 9.31. The van der Waals surface area contributed by atoms with Crippen LogP contribution in [0.4, 0.5) is 0 Å². The average molecular weight is 370 g/mol. The Morgan fingerprint density at radius 2 is 2.12 bits per heavy atom. The molecule has 2 heterocycles. The van der Waals surface area contributed by atoms with Crippen LogP contribution in [-0.4, -0.2) is 35.8 Å². The van der Waals surface area contributed by atoms with E-state index < -0.39 is 0 Å². The van der Waals surface area contributed by atoms with Crippen LogP contribution in [0, 0.1) is 4.77 Å². The van der Waals surface area contributed by atoms with E-state index in [1.807, 2.05) is 34.5 Å². The Morgan fingerprint density at radius 3 is 2.85 bits per heavy atom. The second-order valence-electron chi connectivity index (χ2n) is 6.79. The Labute approximate surface area is 156 Å². The summed E-state index contributed by atoms with van der Waals surface area (Å²) in [6.45, 7) is 3.99. The zero-order valence-electron chi connectivity index (χ0n) is 15.0. The molecule has 0 unspecified atom stereocenters. The van der Waals surface area contributed by atoms with Gasteiger partial charge in [0.15, 0.2) is 4.77 Å². The number of nitrogens with one attached hydrogen (secondary N) is 1. The fourth-order valence-electron chi connectivity index (χ4n) is 3.17. The van der Waals surface area contributed by atoms with Crippen LogP contribution < -0.4 is 5.56 Å². The number of benzene rings is 1. The molecule has 1 aliphatic rings. The van der Waals surface area contributed by atoms with E-state index in [0.717, 1.165) is 17.1 Å². The molecule has 0 atom stereocenters. The van der Waals surface area contributed by atoms with Gasteiger partial charge in [-0.05, 0) is 43.7 Å². The highest BCUT2D eigenvalue weighted by molar-refractivity contribution is 7.71. The van der Waals surface area contributed by atoms with Crippen molar-refractivity contribution in [2.24, 2.45) is 7.05 Å². The summed E-state index contributed by atoms with van der Waals surface area (Å²) in [4.78, 5) is 21.9. The Bertz CT molecular complexity index is 1060. The van der Waals surface area contributed by atoms with E-state index >= 15 is 0 Å². The molecule has 0 aliphatic heterocycles. The van der Waals surface area contributed by atoms with Gasteiger partial charge in [0.05, 0.1) is 24.1 Å². The van der Waals surface area contributed by atoms with Gasteiger partial charge in [-0.2, -0.15) is 5.10 Å². The number of H-pyrrole nitrogens is 1. The Balaban J connectivity index is 1.58. The first-order valence-electron chi connectivity index (χ1n) is 8.91. The molecule has 8 heteroatoms. The van der Waals surface area contributed by atoms with E-state index in [1.165, 1.54) is 12.8 Å². The molecule has 2 aromatic heterocycles. The normalized spacial score (nSPS) is 14.4. The lowest BCUT2D eigenvalue weighted by Gasteiger charge is -2.19. The van der Waals surface area contributed by atoms with Gasteiger partial charge in [0.2, 0.25) is 0 Å². The lowest BCUT2D eigenvalue weighted by atomic mass is 10.2. The summed E-state index contributed by atoms with van der Waals surface area (Å²) in [6.07, 6.45) is 2.39. The van der Waals surface area contributed by atoms with Gasteiger partial charge in [0.25, 0.3) is 5.56 Å². The maximum atomic E-state index is 12.3. The van der Waals surface area contributed by atoms with Crippen molar-refractivity contribution in [3.05, 3.63) is 51.0 Å². The molecule has 1 fully saturated rings. The van der Waals surface area contributed by atoms with Crippen LogP contribution in [0.2, 0.25) is 0 Å². The number of hydrogen-bond acceptors (Lipinski definition) is 5. The highest BCUT2D eigenvalue weighted by Gasteiger charge is 2.29. The lowest BCUT2D eigenvalue weighted by molar-refractivity contribution is 0.202. The molecule has 0 bridgehead atoms. The van der Waals surface area contributed by atoms with Crippen molar-refractivity contribution >= 4 is 23.1 Å². The quantitative estimate of drug-likeness (QED) is 0.675. The van der Waals surface area contributed by atoms with Gasteiger partial charge in [0.1, 0.15) is 11.6 Å². The second-order valence-corrected chi connectivity index (χ2v) is 7.16. The van der Waals surface area contributed by atoms with Crippen LogP contribution in [0.15, 0.2) is 29.1 Å². The second kappa shape index (κ2) is 6.77. The molecule has 1 saturated carbocycles. The molecule has 7 nitrogen and oxygen atoms in total. The van der Waals surface area contributed by atoms with Gasteiger partial charge in [-0.25, -0.2) is 9.67 Å². The zero-order chi connectivity index (χ0) is 18.3. The summed E-state index contributed by atoms with van der Waals surface area (Å²) in [7, 11) is 1.98. The highest BCUT2D eigenvalue weighted by atomic mass is 32.1. The van der Waals surface area contributed by atoms with Crippen molar-refractivity contribution in [2.75, 3.05) is 6.54 Å². The Hall–Kier alpha value is -2.32. The monoisotopic (exact) mass is 370 g/mol. The molecule has 0 spiro atoms. The fraction of sp³-hybridized carbons (Fsp3) is 0.444. The van der Waals surface area contributed by atoms with E-state index in [2.05, 4.69) is 21.8 Å². The van der Waals surface area contributed by atoms with Crippen molar-refractivity contribution in [3.63, 3.8) is 0 Å².